The van der Waals surface area contributed by atoms with E-state index in [1.807, 2.05) is 6.92 Å². The minimum Gasteiger partial charge on any atom is -0.364 e. The molecular formula is C10H14FN3. The lowest BCUT2D eigenvalue weighted by Gasteiger charge is -2.15. The molecule has 76 valence electrons. The fraction of sp³-hybridized carbons (Fsp3) is 0.600. The van der Waals surface area contributed by atoms with Crippen molar-refractivity contribution in [3.8, 4) is 0 Å². The van der Waals surface area contributed by atoms with Gasteiger partial charge in [-0.05, 0) is 32.3 Å². The molecule has 0 bridgehead atoms. The number of anilines is 1. The van der Waals surface area contributed by atoms with Crippen LogP contribution in [0, 0.1) is 6.92 Å². The highest BCUT2D eigenvalue weighted by Gasteiger charge is 2.26. The molecule has 1 aromatic heterocycles. The molecule has 1 aliphatic rings. The van der Waals surface area contributed by atoms with Gasteiger partial charge in [-0.3, -0.25) is 0 Å². The standard InChI is InChI=1S/C10H14FN3/c1-7-12-6-5-10(13-7)14-9-4-2-3-8(9)11/h5-6,8-9H,2-4H2,1H3,(H,12,13,14). The van der Waals surface area contributed by atoms with E-state index in [2.05, 4.69) is 15.3 Å². The fourth-order valence-corrected chi connectivity index (χ4v) is 1.80. The van der Waals surface area contributed by atoms with E-state index >= 15 is 0 Å². The second-order valence-corrected chi connectivity index (χ2v) is 3.69. The van der Waals surface area contributed by atoms with Crippen LogP contribution in [0.1, 0.15) is 25.1 Å². The molecule has 0 spiro atoms. The third kappa shape index (κ3) is 2.00. The molecular weight excluding hydrogens is 181 g/mol. The minimum absolute atomic E-state index is 0.0655. The van der Waals surface area contributed by atoms with Crippen LogP contribution in [0.4, 0.5) is 10.2 Å². The molecule has 1 fully saturated rings. The molecule has 0 saturated heterocycles. The lowest BCUT2D eigenvalue weighted by molar-refractivity contribution is 0.323. The largest absolute Gasteiger partial charge is 0.364 e. The van der Waals surface area contributed by atoms with Crippen molar-refractivity contribution in [2.45, 2.75) is 38.4 Å². The molecule has 0 aromatic carbocycles. The Morgan fingerprint density at radius 1 is 1.50 bits per heavy atom. The number of aryl methyl sites for hydroxylation is 1. The third-order valence-corrected chi connectivity index (χ3v) is 2.54. The van der Waals surface area contributed by atoms with Gasteiger partial charge in [0, 0.05) is 6.20 Å². The quantitative estimate of drug-likeness (QED) is 0.785. The molecule has 1 N–H and O–H groups in total. The molecule has 1 aromatic rings. The van der Waals surface area contributed by atoms with Gasteiger partial charge in [-0.25, -0.2) is 14.4 Å². The lowest BCUT2D eigenvalue weighted by atomic mass is 10.2. The summed E-state index contributed by atoms with van der Waals surface area (Å²) >= 11 is 0. The van der Waals surface area contributed by atoms with E-state index in [1.165, 1.54) is 0 Å². The second kappa shape index (κ2) is 3.90. The van der Waals surface area contributed by atoms with Gasteiger partial charge in [0.1, 0.15) is 17.8 Å². The van der Waals surface area contributed by atoms with Crippen molar-refractivity contribution in [3.63, 3.8) is 0 Å². The van der Waals surface area contributed by atoms with Crippen LogP contribution in [-0.2, 0) is 0 Å². The van der Waals surface area contributed by atoms with E-state index in [0.29, 0.717) is 12.2 Å². The summed E-state index contributed by atoms with van der Waals surface area (Å²) in [6.45, 7) is 1.83. The Morgan fingerprint density at radius 3 is 3.00 bits per heavy atom. The predicted molar refractivity (Wildman–Crippen MR) is 52.9 cm³/mol. The highest BCUT2D eigenvalue weighted by Crippen LogP contribution is 2.24. The summed E-state index contributed by atoms with van der Waals surface area (Å²) in [5.74, 6) is 1.44. The molecule has 0 radical (unpaired) electrons. The predicted octanol–water partition coefficient (Wildman–Crippen LogP) is 2.09. The van der Waals surface area contributed by atoms with Crippen molar-refractivity contribution in [2.24, 2.45) is 0 Å². The zero-order valence-electron chi connectivity index (χ0n) is 8.20. The zero-order valence-corrected chi connectivity index (χ0v) is 8.20. The van der Waals surface area contributed by atoms with Crippen LogP contribution in [-0.4, -0.2) is 22.2 Å². The van der Waals surface area contributed by atoms with Gasteiger partial charge in [0.25, 0.3) is 0 Å². The second-order valence-electron chi connectivity index (χ2n) is 3.69. The molecule has 1 heterocycles. The minimum atomic E-state index is -0.731. The van der Waals surface area contributed by atoms with Crippen molar-refractivity contribution in [1.29, 1.82) is 0 Å². The number of nitrogens with zero attached hydrogens (tertiary/aromatic N) is 2. The monoisotopic (exact) mass is 195 g/mol. The summed E-state index contributed by atoms with van der Waals surface area (Å²) in [4.78, 5) is 8.17. The summed E-state index contributed by atoms with van der Waals surface area (Å²) in [6, 6.07) is 1.71. The highest BCUT2D eigenvalue weighted by atomic mass is 19.1. The van der Waals surface area contributed by atoms with Crippen LogP contribution in [0.5, 0.6) is 0 Å². The van der Waals surface area contributed by atoms with E-state index in [1.54, 1.807) is 12.3 Å². The summed E-state index contributed by atoms with van der Waals surface area (Å²) in [5, 5.41) is 3.11. The van der Waals surface area contributed by atoms with Crippen LogP contribution < -0.4 is 5.32 Å². The van der Waals surface area contributed by atoms with Crippen molar-refractivity contribution in [3.05, 3.63) is 18.1 Å². The van der Waals surface area contributed by atoms with Crippen LogP contribution in [0.25, 0.3) is 0 Å². The molecule has 2 rings (SSSR count). The summed E-state index contributed by atoms with van der Waals surface area (Å²) < 4.78 is 13.3. The van der Waals surface area contributed by atoms with Gasteiger partial charge in [-0.1, -0.05) is 0 Å². The summed E-state index contributed by atoms with van der Waals surface area (Å²) in [5.41, 5.74) is 0. The van der Waals surface area contributed by atoms with Crippen LogP contribution in [0.3, 0.4) is 0 Å². The van der Waals surface area contributed by atoms with Crippen LogP contribution in [0.15, 0.2) is 12.3 Å². The van der Waals surface area contributed by atoms with E-state index < -0.39 is 6.17 Å². The van der Waals surface area contributed by atoms with E-state index in [4.69, 9.17) is 0 Å². The van der Waals surface area contributed by atoms with Gasteiger partial charge in [-0.2, -0.15) is 0 Å². The van der Waals surface area contributed by atoms with Crippen molar-refractivity contribution in [2.75, 3.05) is 5.32 Å². The molecule has 3 nitrogen and oxygen atoms in total. The van der Waals surface area contributed by atoms with E-state index in [9.17, 15) is 4.39 Å². The molecule has 2 atom stereocenters. The van der Waals surface area contributed by atoms with Gasteiger partial charge in [-0.15, -0.1) is 0 Å². The number of rotatable bonds is 2. The number of halogens is 1. The maximum atomic E-state index is 13.3. The molecule has 1 saturated carbocycles. The van der Waals surface area contributed by atoms with Gasteiger partial charge >= 0.3 is 0 Å². The maximum absolute atomic E-state index is 13.3. The number of hydrogen-bond donors (Lipinski definition) is 1. The molecule has 0 aliphatic heterocycles. The average molecular weight is 195 g/mol. The Bertz CT molecular complexity index is 316. The van der Waals surface area contributed by atoms with E-state index in [0.717, 1.165) is 18.7 Å². The van der Waals surface area contributed by atoms with Gasteiger partial charge < -0.3 is 5.32 Å². The smallest absolute Gasteiger partial charge is 0.129 e. The first-order valence-electron chi connectivity index (χ1n) is 4.96. The summed E-state index contributed by atoms with van der Waals surface area (Å²) in [7, 11) is 0. The molecule has 0 amide bonds. The van der Waals surface area contributed by atoms with E-state index in [-0.39, 0.29) is 6.04 Å². The molecule has 2 unspecified atom stereocenters. The SMILES string of the molecule is Cc1nccc(NC2CCCC2F)n1. The number of hydrogen-bond acceptors (Lipinski definition) is 3. The first-order chi connectivity index (χ1) is 6.75. The van der Waals surface area contributed by atoms with Crippen molar-refractivity contribution >= 4 is 5.82 Å². The summed E-state index contributed by atoms with van der Waals surface area (Å²) in [6.07, 6.45) is 3.48. The van der Waals surface area contributed by atoms with Gasteiger partial charge in [0.15, 0.2) is 0 Å². The number of alkyl halides is 1. The first-order valence-corrected chi connectivity index (χ1v) is 4.96. The Hall–Kier alpha value is -1.19. The molecule has 1 aliphatic carbocycles. The van der Waals surface area contributed by atoms with Gasteiger partial charge in [0.2, 0.25) is 0 Å². The van der Waals surface area contributed by atoms with Gasteiger partial charge in [0.05, 0.1) is 6.04 Å². The van der Waals surface area contributed by atoms with Crippen LogP contribution >= 0.6 is 0 Å². The maximum Gasteiger partial charge on any atom is 0.129 e. The zero-order chi connectivity index (χ0) is 9.97. The number of aromatic nitrogens is 2. The average Bonchev–Trinajstić information content (AvgIpc) is 2.52. The topological polar surface area (TPSA) is 37.8 Å². The molecule has 14 heavy (non-hydrogen) atoms. The normalized spacial score (nSPS) is 26.4. The first kappa shape index (κ1) is 9.37. The lowest BCUT2D eigenvalue weighted by Crippen LogP contribution is -2.25. The van der Waals surface area contributed by atoms with Crippen molar-refractivity contribution < 1.29 is 4.39 Å². The fourth-order valence-electron chi connectivity index (χ4n) is 1.80. The Balaban J connectivity index is 2.03. The van der Waals surface area contributed by atoms with Crippen molar-refractivity contribution in [1.82, 2.24) is 9.97 Å². The molecule has 4 heteroatoms. The third-order valence-electron chi connectivity index (χ3n) is 2.54. The number of nitrogens with one attached hydrogen (secondary N) is 1. The highest BCUT2D eigenvalue weighted by molar-refractivity contribution is 5.34. The Labute approximate surface area is 82.8 Å². The Morgan fingerprint density at radius 2 is 2.36 bits per heavy atom. The Kier molecular flexibility index (Phi) is 2.61. The van der Waals surface area contributed by atoms with Crippen LogP contribution in [0.2, 0.25) is 0 Å².